The Labute approximate surface area is 128 Å². The average Bonchev–Trinajstić information content (AvgIpc) is 2.42. The van der Waals surface area contributed by atoms with Crippen LogP contribution in [0.2, 0.25) is 0 Å². The topological polar surface area (TPSA) is 50.4 Å². The SMILES string of the molecule is Cc1cccc(NC(N)=NCCCc2cc(F)cc(F)c2)c1. The molecule has 116 valence electrons. The lowest BCUT2D eigenvalue weighted by molar-refractivity contribution is 0.579. The Morgan fingerprint density at radius 2 is 1.86 bits per heavy atom. The number of aryl methyl sites for hydroxylation is 2. The lowest BCUT2D eigenvalue weighted by Gasteiger charge is -2.06. The van der Waals surface area contributed by atoms with Crippen LogP contribution < -0.4 is 11.1 Å². The summed E-state index contributed by atoms with van der Waals surface area (Å²) in [7, 11) is 0. The fourth-order valence-corrected chi connectivity index (χ4v) is 2.15. The van der Waals surface area contributed by atoms with Crippen LogP contribution in [0.5, 0.6) is 0 Å². The van der Waals surface area contributed by atoms with Gasteiger partial charge in [0.1, 0.15) is 11.6 Å². The van der Waals surface area contributed by atoms with Crippen molar-refractivity contribution in [1.82, 2.24) is 0 Å². The standard InChI is InChI=1S/C17H19F2N3/c1-12-4-2-6-16(8-12)22-17(20)21-7-3-5-13-9-14(18)11-15(19)10-13/h2,4,6,8-11H,3,5,7H2,1H3,(H3,20,21,22). The molecule has 0 aliphatic rings. The summed E-state index contributed by atoms with van der Waals surface area (Å²) in [6.45, 7) is 2.49. The smallest absolute Gasteiger partial charge is 0.193 e. The van der Waals surface area contributed by atoms with E-state index in [0.717, 1.165) is 17.3 Å². The van der Waals surface area contributed by atoms with Crippen LogP contribution in [-0.4, -0.2) is 12.5 Å². The molecule has 5 heteroatoms. The van der Waals surface area contributed by atoms with E-state index in [1.807, 2.05) is 31.2 Å². The number of nitrogens with zero attached hydrogens (tertiary/aromatic N) is 1. The van der Waals surface area contributed by atoms with Gasteiger partial charge in [-0.1, -0.05) is 12.1 Å². The van der Waals surface area contributed by atoms with E-state index in [1.165, 1.54) is 12.1 Å². The first-order valence-corrected chi connectivity index (χ1v) is 7.11. The Morgan fingerprint density at radius 3 is 2.55 bits per heavy atom. The summed E-state index contributed by atoms with van der Waals surface area (Å²) in [6, 6.07) is 11.3. The van der Waals surface area contributed by atoms with Crippen molar-refractivity contribution in [2.45, 2.75) is 19.8 Å². The maximum atomic E-state index is 13.0. The highest BCUT2D eigenvalue weighted by atomic mass is 19.1. The summed E-state index contributed by atoms with van der Waals surface area (Å²) in [5, 5.41) is 3.01. The van der Waals surface area contributed by atoms with Crippen molar-refractivity contribution in [2.75, 3.05) is 11.9 Å². The summed E-state index contributed by atoms with van der Waals surface area (Å²) >= 11 is 0. The molecule has 0 spiro atoms. The van der Waals surface area contributed by atoms with E-state index in [2.05, 4.69) is 10.3 Å². The van der Waals surface area contributed by atoms with Crippen molar-refractivity contribution in [3.63, 3.8) is 0 Å². The molecule has 0 bridgehead atoms. The second kappa shape index (κ2) is 7.54. The number of nitrogens with one attached hydrogen (secondary N) is 1. The third-order valence-electron chi connectivity index (χ3n) is 3.12. The minimum atomic E-state index is -0.556. The number of hydrogen-bond acceptors (Lipinski definition) is 1. The number of nitrogens with two attached hydrogens (primary N) is 1. The van der Waals surface area contributed by atoms with Gasteiger partial charge in [0.25, 0.3) is 0 Å². The number of halogens is 2. The molecule has 0 fully saturated rings. The molecule has 0 atom stereocenters. The Balaban J connectivity index is 1.81. The molecule has 0 heterocycles. The predicted octanol–water partition coefficient (Wildman–Crippen LogP) is 3.63. The molecule has 2 rings (SSSR count). The average molecular weight is 303 g/mol. The third-order valence-corrected chi connectivity index (χ3v) is 3.12. The van der Waals surface area contributed by atoms with Crippen molar-refractivity contribution in [3.8, 4) is 0 Å². The molecule has 3 N–H and O–H groups in total. The van der Waals surface area contributed by atoms with Crippen molar-refractivity contribution in [2.24, 2.45) is 10.7 Å². The molecule has 0 aliphatic heterocycles. The van der Waals surface area contributed by atoms with Crippen LogP contribution in [0.15, 0.2) is 47.5 Å². The van der Waals surface area contributed by atoms with Crippen molar-refractivity contribution >= 4 is 11.6 Å². The molecule has 0 amide bonds. The second-order valence-corrected chi connectivity index (χ2v) is 5.14. The fourth-order valence-electron chi connectivity index (χ4n) is 2.15. The highest BCUT2D eigenvalue weighted by molar-refractivity contribution is 5.92. The normalized spacial score (nSPS) is 11.5. The third kappa shape index (κ3) is 5.16. The van der Waals surface area contributed by atoms with Gasteiger partial charge in [-0.15, -0.1) is 0 Å². The van der Waals surface area contributed by atoms with E-state index in [9.17, 15) is 8.78 Å². The maximum absolute atomic E-state index is 13.0. The number of aliphatic imine (C=N–C) groups is 1. The minimum Gasteiger partial charge on any atom is -0.370 e. The van der Waals surface area contributed by atoms with Crippen LogP contribution in [0.1, 0.15) is 17.5 Å². The zero-order valence-corrected chi connectivity index (χ0v) is 12.4. The first-order valence-electron chi connectivity index (χ1n) is 7.11. The second-order valence-electron chi connectivity index (χ2n) is 5.14. The number of hydrogen-bond donors (Lipinski definition) is 2. The summed E-state index contributed by atoms with van der Waals surface area (Å²) < 4.78 is 26.1. The van der Waals surface area contributed by atoms with Gasteiger partial charge in [0, 0.05) is 18.3 Å². The number of benzene rings is 2. The molecule has 0 saturated carbocycles. The largest absolute Gasteiger partial charge is 0.370 e. The van der Waals surface area contributed by atoms with Crippen LogP contribution >= 0.6 is 0 Å². The van der Waals surface area contributed by atoms with Gasteiger partial charge < -0.3 is 11.1 Å². The highest BCUT2D eigenvalue weighted by Gasteiger charge is 2.00. The zero-order chi connectivity index (χ0) is 15.9. The number of guanidine groups is 1. The van der Waals surface area contributed by atoms with Crippen LogP contribution in [-0.2, 0) is 6.42 Å². The van der Waals surface area contributed by atoms with Gasteiger partial charge in [-0.3, -0.25) is 4.99 Å². The highest BCUT2D eigenvalue weighted by Crippen LogP contribution is 2.10. The van der Waals surface area contributed by atoms with Gasteiger partial charge in [-0.25, -0.2) is 8.78 Å². The van der Waals surface area contributed by atoms with Crippen molar-refractivity contribution in [1.29, 1.82) is 0 Å². The molecular formula is C17H19F2N3. The molecule has 22 heavy (non-hydrogen) atoms. The molecule has 0 aromatic heterocycles. The van der Waals surface area contributed by atoms with Gasteiger partial charge in [0.15, 0.2) is 5.96 Å². The van der Waals surface area contributed by atoms with Crippen molar-refractivity contribution < 1.29 is 8.78 Å². The van der Waals surface area contributed by atoms with E-state index in [1.54, 1.807) is 0 Å². The van der Waals surface area contributed by atoms with E-state index in [4.69, 9.17) is 5.73 Å². The van der Waals surface area contributed by atoms with E-state index in [-0.39, 0.29) is 0 Å². The molecule has 2 aromatic carbocycles. The summed E-state index contributed by atoms with van der Waals surface area (Å²) in [5.41, 5.74) is 8.44. The molecule has 0 radical (unpaired) electrons. The van der Waals surface area contributed by atoms with Crippen molar-refractivity contribution in [3.05, 3.63) is 65.2 Å². The number of anilines is 1. The minimum absolute atomic E-state index is 0.330. The van der Waals surface area contributed by atoms with Gasteiger partial charge in [-0.2, -0.15) is 0 Å². The Hall–Kier alpha value is -2.43. The van der Waals surface area contributed by atoms with E-state index >= 15 is 0 Å². The van der Waals surface area contributed by atoms with Gasteiger partial charge in [0.05, 0.1) is 0 Å². The van der Waals surface area contributed by atoms with Gasteiger partial charge >= 0.3 is 0 Å². The monoisotopic (exact) mass is 303 g/mol. The lowest BCUT2D eigenvalue weighted by Crippen LogP contribution is -2.22. The summed E-state index contributed by atoms with van der Waals surface area (Å²) in [5.74, 6) is -0.783. The van der Waals surface area contributed by atoms with Crippen LogP contribution in [0, 0.1) is 18.6 Å². The Bertz CT molecular complexity index is 648. The van der Waals surface area contributed by atoms with E-state index in [0.29, 0.717) is 30.9 Å². The van der Waals surface area contributed by atoms with Gasteiger partial charge in [0.2, 0.25) is 0 Å². The molecule has 3 nitrogen and oxygen atoms in total. The lowest BCUT2D eigenvalue weighted by atomic mass is 10.1. The number of rotatable bonds is 5. The quantitative estimate of drug-likeness (QED) is 0.503. The summed E-state index contributed by atoms with van der Waals surface area (Å²) in [4.78, 5) is 4.20. The van der Waals surface area contributed by atoms with Gasteiger partial charge in [-0.05, 0) is 55.2 Å². The van der Waals surface area contributed by atoms with Crippen LogP contribution in [0.4, 0.5) is 14.5 Å². The van der Waals surface area contributed by atoms with Crippen LogP contribution in [0.3, 0.4) is 0 Å². The van der Waals surface area contributed by atoms with E-state index < -0.39 is 11.6 Å². The maximum Gasteiger partial charge on any atom is 0.193 e. The predicted molar refractivity (Wildman–Crippen MR) is 86.0 cm³/mol. The zero-order valence-electron chi connectivity index (χ0n) is 12.4. The molecule has 2 aromatic rings. The summed E-state index contributed by atoms with van der Waals surface area (Å²) in [6.07, 6.45) is 1.22. The fraction of sp³-hybridized carbons (Fsp3) is 0.235. The molecule has 0 unspecified atom stereocenters. The molecule has 0 saturated heterocycles. The first kappa shape index (κ1) is 15.9. The van der Waals surface area contributed by atoms with Crippen LogP contribution in [0.25, 0.3) is 0 Å². The molecule has 0 aliphatic carbocycles. The molecular weight excluding hydrogens is 284 g/mol. The first-order chi connectivity index (χ1) is 10.5. The Morgan fingerprint density at radius 1 is 1.14 bits per heavy atom. The Kier molecular flexibility index (Phi) is 5.47.